The van der Waals surface area contributed by atoms with Gasteiger partial charge in [-0.05, 0) is 29.8 Å². The van der Waals surface area contributed by atoms with E-state index in [1.165, 1.54) is 0 Å². The SMILES string of the molecule is NCc1cccc(OCc2noc(-c3ccco3)n2)c1. The molecule has 2 N–H and O–H groups in total. The van der Waals surface area contributed by atoms with Crippen molar-refractivity contribution >= 4 is 0 Å². The quantitative estimate of drug-likeness (QED) is 0.766. The molecule has 2 heterocycles. The molecule has 3 aromatic rings. The molecule has 1 aromatic carbocycles. The monoisotopic (exact) mass is 271 g/mol. The Morgan fingerprint density at radius 2 is 2.15 bits per heavy atom. The number of nitrogens with zero attached hydrogens (tertiary/aromatic N) is 2. The molecule has 2 aromatic heterocycles. The number of aromatic nitrogens is 2. The maximum Gasteiger partial charge on any atom is 0.293 e. The van der Waals surface area contributed by atoms with Gasteiger partial charge in [0, 0.05) is 6.54 Å². The predicted molar refractivity (Wildman–Crippen MR) is 70.7 cm³/mol. The van der Waals surface area contributed by atoms with Gasteiger partial charge in [0.05, 0.1) is 6.26 Å². The third-order valence-corrected chi connectivity index (χ3v) is 2.70. The van der Waals surface area contributed by atoms with Crippen LogP contribution in [-0.2, 0) is 13.2 Å². The summed E-state index contributed by atoms with van der Waals surface area (Å²) in [4.78, 5) is 4.19. The van der Waals surface area contributed by atoms with Crippen LogP contribution in [0.25, 0.3) is 11.7 Å². The average molecular weight is 271 g/mol. The highest BCUT2D eigenvalue weighted by molar-refractivity contribution is 5.42. The van der Waals surface area contributed by atoms with Crippen LogP contribution in [0.15, 0.2) is 51.6 Å². The molecule has 3 rings (SSSR count). The fourth-order valence-corrected chi connectivity index (χ4v) is 1.72. The second kappa shape index (κ2) is 5.58. The van der Waals surface area contributed by atoms with Gasteiger partial charge >= 0.3 is 0 Å². The van der Waals surface area contributed by atoms with Gasteiger partial charge in [0.15, 0.2) is 12.4 Å². The van der Waals surface area contributed by atoms with Crippen LogP contribution in [0.5, 0.6) is 5.75 Å². The van der Waals surface area contributed by atoms with Gasteiger partial charge in [0.2, 0.25) is 5.82 Å². The molecular weight excluding hydrogens is 258 g/mol. The Bertz CT molecular complexity index is 677. The normalized spacial score (nSPS) is 10.7. The molecule has 0 amide bonds. The maximum absolute atomic E-state index is 5.59. The molecule has 20 heavy (non-hydrogen) atoms. The summed E-state index contributed by atoms with van der Waals surface area (Å²) < 4.78 is 15.9. The second-order valence-electron chi connectivity index (χ2n) is 4.13. The van der Waals surface area contributed by atoms with E-state index in [1.807, 2.05) is 24.3 Å². The molecule has 0 saturated carbocycles. The number of hydrogen-bond donors (Lipinski definition) is 1. The zero-order valence-corrected chi connectivity index (χ0v) is 10.7. The first-order valence-electron chi connectivity index (χ1n) is 6.13. The topological polar surface area (TPSA) is 87.3 Å². The van der Waals surface area contributed by atoms with Crippen molar-refractivity contribution in [2.45, 2.75) is 13.2 Å². The molecule has 0 saturated heterocycles. The molecule has 0 bridgehead atoms. The highest BCUT2D eigenvalue weighted by atomic mass is 16.5. The van der Waals surface area contributed by atoms with E-state index in [0.717, 1.165) is 11.3 Å². The summed E-state index contributed by atoms with van der Waals surface area (Å²) in [5.41, 5.74) is 6.58. The van der Waals surface area contributed by atoms with Crippen molar-refractivity contribution in [3.63, 3.8) is 0 Å². The van der Waals surface area contributed by atoms with Crippen LogP contribution in [-0.4, -0.2) is 10.1 Å². The molecule has 0 radical (unpaired) electrons. The first kappa shape index (κ1) is 12.4. The molecule has 0 aliphatic heterocycles. The standard InChI is InChI=1S/C14H13N3O3/c15-8-10-3-1-4-11(7-10)19-9-13-16-14(20-17-13)12-5-2-6-18-12/h1-7H,8-9,15H2. The zero-order chi connectivity index (χ0) is 13.8. The van der Waals surface area contributed by atoms with Gasteiger partial charge in [0.1, 0.15) is 5.75 Å². The van der Waals surface area contributed by atoms with Gasteiger partial charge in [-0.25, -0.2) is 0 Å². The van der Waals surface area contributed by atoms with E-state index < -0.39 is 0 Å². The lowest BCUT2D eigenvalue weighted by atomic mass is 10.2. The molecule has 0 aliphatic carbocycles. The fraction of sp³-hybridized carbons (Fsp3) is 0.143. The molecule has 6 nitrogen and oxygen atoms in total. The minimum atomic E-state index is 0.220. The van der Waals surface area contributed by atoms with Crippen molar-refractivity contribution in [1.29, 1.82) is 0 Å². The van der Waals surface area contributed by atoms with Gasteiger partial charge in [0.25, 0.3) is 5.89 Å². The molecular formula is C14H13N3O3. The van der Waals surface area contributed by atoms with Crippen LogP contribution in [0.2, 0.25) is 0 Å². The van der Waals surface area contributed by atoms with Crippen molar-refractivity contribution in [2.75, 3.05) is 0 Å². The zero-order valence-electron chi connectivity index (χ0n) is 10.7. The summed E-state index contributed by atoms with van der Waals surface area (Å²) >= 11 is 0. The Morgan fingerprint density at radius 3 is 2.95 bits per heavy atom. The number of furan rings is 1. The number of rotatable bonds is 5. The molecule has 6 heteroatoms. The minimum Gasteiger partial charge on any atom is -0.485 e. The van der Waals surface area contributed by atoms with E-state index in [2.05, 4.69) is 10.1 Å². The first-order chi connectivity index (χ1) is 9.85. The average Bonchev–Trinajstić information content (AvgIpc) is 3.16. The Labute approximate surface area is 115 Å². The molecule has 0 spiro atoms. The van der Waals surface area contributed by atoms with Crippen molar-refractivity contribution in [3.05, 3.63) is 54.0 Å². The summed E-state index contributed by atoms with van der Waals surface area (Å²) in [6.45, 7) is 0.695. The summed E-state index contributed by atoms with van der Waals surface area (Å²) in [7, 11) is 0. The second-order valence-corrected chi connectivity index (χ2v) is 4.13. The lowest BCUT2D eigenvalue weighted by Crippen LogP contribution is -2.00. The van der Waals surface area contributed by atoms with Crippen LogP contribution >= 0.6 is 0 Å². The van der Waals surface area contributed by atoms with Crippen LogP contribution in [0.4, 0.5) is 0 Å². The van der Waals surface area contributed by atoms with E-state index in [9.17, 15) is 0 Å². The molecule has 0 atom stereocenters. The van der Waals surface area contributed by atoms with Crippen molar-refractivity contribution < 1.29 is 13.7 Å². The van der Waals surface area contributed by atoms with Crippen molar-refractivity contribution in [3.8, 4) is 17.4 Å². The van der Waals surface area contributed by atoms with Crippen LogP contribution in [0.1, 0.15) is 11.4 Å². The Balaban J connectivity index is 1.66. The molecule has 0 fully saturated rings. The van der Waals surface area contributed by atoms with E-state index in [4.69, 9.17) is 19.4 Å². The Hall–Kier alpha value is -2.60. The minimum absolute atomic E-state index is 0.220. The van der Waals surface area contributed by atoms with Crippen LogP contribution in [0, 0.1) is 0 Å². The van der Waals surface area contributed by atoms with E-state index >= 15 is 0 Å². The van der Waals surface area contributed by atoms with Crippen molar-refractivity contribution in [1.82, 2.24) is 10.1 Å². The van der Waals surface area contributed by atoms with E-state index in [0.29, 0.717) is 24.0 Å². The van der Waals surface area contributed by atoms with Crippen LogP contribution in [0.3, 0.4) is 0 Å². The molecule has 0 aliphatic rings. The number of ether oxygens (including phenoxy) is 1. The number of benzene rings is 1. The number of nitrogens with two attached hydrogens (primary N) is 1. The van der Waals surface area contributed by atoms with Gasteiger partial charge in [-0.1, -0.05) is 17.3 Å². The smallest absolute Gasteiger partial charge is 0.293 e. The summed E-state index contributed by atoms with van der Waals surface area (Å²) in [6.07, 6.45) is 1.55. The predicted octanol–water partition coefficient (Wildman–Crippen LogP) is 2.37. The summed E-state index contributed by atoms with van der Waals surface area (Å²) in [5.74, 6) is 2.05. The highest BCUT2D eigenvalue weighted by Crippen LogP contribution is 2.18. The van der Waals surface area contributed by atoms with E-state index in [-0.39, 0.29) is 6.61 Å². The van der Waals surface area contributed by atoms with Gasteiger partial charge in [-0.2, -0.15) is 4.98 Å². The third-order valence-electron chi connectivity index (χ3n) is 2.70. The van der Waals surface area contributed by atoms with Gasteiger partial charge < -0.3 is 19.4 Å². The summed E-state index contributed by atoms with van der Waals surface area (Å²) in [5, 5.41) is 3.83. The highest BCUT2D eigenvalue weighted by Gasteiger charge is 2.11. The van der Waals surface area contributed by atoms with Gasteiger partial charge in [-0.15, -0.1) is 0 Å². The lowest BCUT2D eigenvalue weighted by molar-refractivity contribution is 0.286. The Kier molecular flexibility index (Phi) is 3.47. The maximum atomic E-state index is 5.59. The molecule has 0 unspecified atom stereocenters. The first-order valence-corrected chi connectivity index (χ1v) is 6.13. The third kappa shape index (κ3) is 2.70. The van der Waals surface area contributed by atoms with Crippen molar-refractivity contribution in [2.24, 2.45) is 5.73 Å². The summed E-state index contributed by atoms with van der Waals surface area (Å²) in [6, 6.07) is 11.1. The van der Waals surface area contributed by atoms with E-state index in [1.54, 1.807) is 18.4 Å². The van der Waals surface area contributed by atoms with Crippen LogP contribution < -0.4 is 10.5 Å². The lowest BCUT2D eigenvalue weighted by Gasteiger charge is -2.04. The molecule has 102 valence electrons. The van der Waals surface area contributed by atoms with Gasteiger partial charge in [-0.3, -0.25) is 0 Å². The largest absolute Gasteiger partial charge is 0.485 e. The fourth-order valence-electron chi connectivity index (χ4n) is 1.72. The number of hydrogen-bond acceptors (Lipinski definition) is 6. The Morgan fingerprint density at radius 1 is 1.20 bits per heavy atom.